The predicted molar refractivity (Wildman–Crippen MR) is 66.5 cm³/mol. The number of carboxylic acids is 1. The largest absolute Gasteiger partial charge is 0.480 e. The van der Waals surface area contributed by atoms with Crippen molar-refractivity contribution >= 4 is 11.9 Å². The Morgan fingerprint density at radius 3 is 2.29 bits per heavy atom. The van der Waals surface area contributed by atoms with Gasteiger partial charge in [0.15, 0.2) is 0 Å². The zero-order chi connectivity index (χ0) is 13.4. The molecule has 0 fully saturated rings. The third-order valence-corrected chi connectivity index (χ3v) is 2.52. The molecule has 0 saturated carbocycles. The topological polar surface area (TPSA) is 83.6 Å². The molecule has 5 heteroatoms. The van der Waals surface area contributed by atoms with Crippen LogP contribution in [-0.2, 0) is 9.59 Å². The van der Waals surface area contributed by atoms with Gasteiger partial charge in [0, 0.05) is 13.0 Å². The lowest BCUT2D eigenvalue weighted by atomic mass is 10.1. The van der Waals surface area contributed by atoms with E-state index in [1.165, 1.54) is 4.90 Å². The summed E-state index contributed by atoms with van der Waals surface area (Å²) in [5.41, 5.74) is 5.48. The minimum atomic E-state index is -0.967. The minimum absolute atomic E-state index is 0.0959. The van der Waals surface area contributed by atoms with Crippen LogP contribution in [0.2, 0.25) is 0 Å². The number of carbonyl (C=O) groups excluding carboxylic acids is 1. The van der Waals surface area contributed by atoms with Crippen LogP contribution in [0.4, 0.5) is 0 Å². The van der Waals surface area contributed by atoms with Crippen molar-refractivity contribution in [1.29, 1.82) is 0 Å². The molecule has 3 N–H and O–H groups in total. The Balaban J connectivity index is 4.26. The standard InChI is InChI=1S/C12H24N2O3/c1-9(2)7-14(8-12(16)17)11(15)5-4-10(3)6-13/h9-10H,4-8,13H2,1-3H3,(H,16,17). The second-order valence-electron chi connectivity index (χ2n) is 4.94. The van der Waals surface area contributed by atoms with Crippen LogP contribution in [-0.4, -0.2) is 41.5 Å². The average molecular weight is 244 g/mol. The summed E-state index contributed by atoms with van der Waals surface area (Å²) in [5.74, 6) is -0.498. The van der Waals surface area contributed by atoms with Gasteiger partial charge in [-0.1, -0.05) is 20.8 Å². The van der Waals surface area contributed by atoms with Gasteiger partial charge >= 0.3 is 5.97 Å². The van der Waals surface area contributed by atoms with Gasteiger partial charge in [0.1, 0.15) is 6.54 Å². The van der Waals surface area contributed by atoms with Gasteiger partial charge in [-0.15, -0.1) is 0 Å². The van der Waals surface area contributed by atoms with Gasteiger partial charge in [-0.25, -0.2) is 0 Å². The molecule has 0 saturated heterocycles. The SMILES string of the molecule is CC(C)CN(CC(=O)O)C(=O)CCC(C)CN. The Labute approximate surface area is 103 Å². The van der Waals surface area contributed by atoms with Gasteiger partial charge in [-0.2, -0.15) is 0 Å². The van der Waals surface area contributed by atoms with E-state index in [4.69, 9.17) is 10.8 Å². The molecule has 5 nitrogen and oxygen atoms in total. The third-order valence-electron chi connectivity index (χ3n) is 2.52. The molecule has 17 heavy (non-hydrogen) atoms. The summed E-state index contributed by atoms with van der Waals surface area (Å²) < 4.78 is 0. The lowest BCUT2D eigenvalue weighted by molar-refractivity contribution is -0.144. The van der Waals surface area contributed by atoms with E-state index < -0.39 is 5.97 Å². The fraction of sp³-hybridized carbons (Fsp3) is 0.833. The zero-order valence-corrected chi connectivity index (χ0v) is 11.0. The van der Waals surface area contributed by atoms with Crippen LogP contribution >= 0.6 is 0 Å². The first kappa shape index (κ1) is 15.9. The molecule has 0 heterocycles. The summed E-state index contributed by atoms with van der Waals surface area (Å²) in [7, 11) is 0. The number of hydrogen-bond acceptors (Lipinski definition) is 3. The number of aliphatic carboxylic acids is 1. The van der Waals surface area contributed by atoms with E-state index in [0.29, 0.717) is 31.8 Å². The second-order valence-corrected chi connectivity index (χ2v) is 4.94. The summed E-state index contributed by atoms with van der Waals surface area (Å²) in [6.45, 7) is 6.74. The van der Waals surface area contributed by atoms with Crippen LogP contribution in [0.25, 0.3) is 0 Å². The van der Waals surface area contributed by atoms with E-state index in [1.54, 1.807) is 0 Å². The van der Waals surface area contributed by atoms with Crippen molar-refractivity contribution < 1.29 is 14.7 Å². The molecular formula is C12H24N2O3. The summed E-state index contributed by atoms with van der Waals surface area (Å²) >= 11 is 0. The molecule has 0 aliphatic rings. The van der Waals surface area contributed by atoms with Crippen LogP contribution in [0.1, 0.15) is 33.6 Å². The first-order chi connectivity index (χ1) is 7.86. The van der Waals surface area contributed by atoms with Crippen molar-refractivity contribution in [2.75, 3.05) is 19.6 Å². The first-order valence-electron chi connectivity index (χ1n) is 6.06. The summed E-state index contributed by atoms with van der Waals surface area (Å²) in [6, 6.07) is 0. The van der Waals surface area contributed by atoms with Gasteiger partial charge in [0.25, 0.3) is 0 Å². The average Bonchev–Trinajstić information content (AvgIpc) is 2.23. The molecule has 1 amide bonds. The van der Waals surface area contributed by atoms with Crippen molar-refractivity contribution in [3.63, 3.8) is 0 Å². The molecule has 100 valence electrons. The van der Waals surface area contributed by atoms with Crippen molar-refractivity contribution in [2.45, 2.75) is 33.6 Å². The molecule has 0 bridgehead atoms. The molecular weight excluding hydrogens is 220 g/mol. The maximum Gasteiger partial charge on any atom is 0.323 e. The van der Waals surface area contributed by atoms with Crippen molar-refractivity contribution in [3.8, 4) is 0 Å². The first-order valence-corrected chi connectivity index (χ1v) is 6.06. The van der Waals surface area contributed by atoms with Crippen LogP contribution in [0, 0.1) is 11.8 Å². The fourth-order valence-corrected chi connectivity index (χ4v) is 1.50. The van der Waals surface area contributed by atoms with Crippen LogP contribution in [0.15, 0.2) is 0 Å². The summed E-state index contributed by atoms with van der Waals surface area (Å²) in [5, 5.41) is 8.76. The van der Waals surface area contributed by atoms with E-state index in [0.717, 1.165) is 0 Å². The van der Waals surface area contributed by atoms with Crippen LogP contribution in [0.5, 0.6) is 0 Å². The molecule has 0 aliphatic heterocycles. The summed E-state index contributed by atoms with van der Waals surface area (Å²) in [4.78, 5) is 23.9. The molecule has 0 aliphatic carbocycles. The van der Waals surface area contributed by atoms with Crippen molar-refractivity contribution in [2.24, 2.45) is 17.6 Å². The fourth-order valence-electron chi connectivity index (χ4n) is 1.50. The Hall–Kier alpha value is -1.10. The Morgan fingerprint density at radius 2 is 1.88 bits per heavy atom. The number of carbonyl (C=O) groups is 2. The highest BCUT2D eigenvalue weighted by molar-refractivity contribution is 5.81. The molecule has 0 aromatic heterocycles. The van der Waals surface area contributed by atoms with E-state index in [1.807, 2.05) is 20.8 Å². The van der Waals surface area contributed by atoms with Crippen LogP contribution in [0.3, 0.4) is 0 Å². The van der Waals surface area contributed by atoms with Gasteiger partial charge < -0.3 is 15.7 Å². The molecule has 0 spiro atoms. The number of nitrogens with zero attached hydrogens (tertiary/aromatic N) is 1. The van der Waals surface area contributed by atoms with Gasteiger partial charge in [0.05, 0.1) is 0 Å². The normalized spacial score (nSPS) is 12.5. The highest BCUT2D eigenvalue weighted by atomic mass is 16.4. The smallest absolute Gasteiger partial charge is 0.323 e. The predicted octanol–water partition coefficient (Wildman–Crippen LogP) is 0.931. The Bertz CT molecular complexity index is 254. The lowest BCUT2D eigenvalue weighted by Crippen LogP contribution is -2.38. The molecule has 0 aromatic rings. The molecule has 1 unspecified atom stereocenters. The maximum atomic E-state index is 11.9. The number of amides is 1. The van der Waals surface area contributed by atoms with Gasteiger partial charge in [0.2, 0.25) is 5.91 Å². The number of hydrogen-bond donors (Lipinski definition) is 2. The van der Waals surface area contributed by atoms with Gasteiger partial charge in [-0.05, 0) is 24.8 Å². The Kier molecular flexibility index (Phi) is 7.54. The molecule has 0 rings (SSSR count). The van der Waals surface area contributed by atoms with Crippen molar-refractivity contribution in [1.82, 2.24) is 4.90 Å². The van der Waals surface area contributed by atoms with E-state index >= 15 is 0 Å². The second kappa shape index (κ2) is 8.06. The van der Waals surface area contributed by atoms with Crippen molar-refractivity contribution in [3.05, 3.63) is 0 Å². The third kappa shape index (κ3) is 7.74. The molecule has 1 atom stereocenters. The number of rotatable bonds is 8. The molecule has 0 radical (unpaired) electrons. The number of carboxylic acid groups (broad SMARTS) is 1. The highest BCUT2D eigenvalue weighted by Crippen LogP contribution is 2.08. The lowest BCUT2D eigenvalue weighted by Gasteiger charge is -2.23. The molecule has 0 aromatic carbocycles. The van der Waals surface area contributed by atoms with Gasteiger partial charge in [-0.3, -0.25) is 9.59 Å². The minimum Gasteiger partial charge on any atom is -0.480 e. The van der Waals surface area contributed by atoms with E-state index in [9.17, 15) is 9.59 Å². The van der Waals surface area contributed by atoms with Crippen LogP contribution < -0.4 is 5.73 Å². The number of nitrogens with two attached hydrogens (primary N) is 1. The Morgan fingerprint density at radius 1 is 1.29 bits per heavy atom. The summed E-state index contributed by atoms with van der Waals surface area (Å²) in [6.07, 6.45) is 1.09. The highest BCUT2D eigenvalue weighted by Gasteiger charge is 2.18. The van der Waals surface area contributed by atoms with E-state index in [-0.39, 0.29) is 18.4 Å². The monoisotopic (exact) mass is 244 g/mol. The zero-order valence-electron chi connectivity index (χ0n) is 11.0. The van der Waals surface area contributed by atoms with E-state index in [2.05, 4.69) is 0 Å². The maximum absolute atomic E-state index is 11.9. The quantitative estimate of drug-likeness (QED) is 0.665.